The van der Waals surface area contributed by atoms with Gasteiger partial charge in [-0.2, -0.15) is 0 Å². The topological polar surface area (TPSA) is 55.1 Å². The molecule has 0 saturated heterocycles. The van der Waals surface area contributed by atoms with Gasteiger partial charge in [0, 0.05) is 34.1 Å². The highest BCUT2D eigenvalue weighted by atomic mass is 32.1. The van der Waals surface area contributed by atoms with Crippen molar-refractivity contribution in [1.29, 1.82) is 0 Å². The lowest BCUT2D eigenvalue weighted by Crippen LogP contribution is -2.12. The fraction of sp³-hybridized carbons (Fsp3) is 0.143. The van der Waals surface area contributed by atoms with E-state index in [0.717, 1.165) is 32.8 Å². The first kappa shape index (κ1) is 21.2. The number of aromatic nitrogens is 1. The number of rotatable bonds is 5. The maximum absolute atomic E-state index is 13.3. The second kappa shape index (κ2) is 8.68. The van der Waals surface area contributed by atoms with Gasteiger partial charge in [-0.15, -0.1) is 11.3 Å². The average Bonchev–Trinajstić information content (AvgIpc) is 3.37. The summed E-state index contributed by atoms with van der Waals surface area (Å²) in [5.41, 5.74) is 8.11. The Balaban J connectivity index is 1.64. The maximum atomic E-state index is 13.3. The van der Waals surface area contributed by atoms with Crippen molar-refractivity contribution in [1.82, 2.24) is 4.98 Å². The number of hydrogen-bond donors (Lipinski definition) is 1. The number of nitrogens with zero attached hydrogens (tertiary/aromatic N) is 1. The summed E-state index contributed by atoms with van der Waals surface area (Å²) in [6.07, 6.45) is 1.88. The first-order valence-corrected chi connectivity index (χ1v) is 11.8. The van der Waals surface area contributed by atoms with Crippen molar-refractivity contribution in [2.24, 2.45) is 0 Å². The van der Waals surface area contributed by atoms with Crippen molar-refractivity contribution in [2.75, 3.05) is 5.32 Å². The summed E-state index contributed by atoms with van der Waals surface area (Å²) in [7, 11) is 0. The van der Waals surface area contributed by atoms with Crippen LogP contribution in [0.5, 0.6) is 0 Å². The molecule has 1 N–H and O–H groups in total. The van der Waals surface area contributed by atoms with Gasteiger partial charge in [-0.3, -0.25) is 9.78 Å². The summed E-state index contributed by atoms with van der Waals surface area (Å²) >= 11 is 1.61. The van der Waals surface area contributed by atoms with E-state index in [1.807, 2.05) is 74.1 Å². The van der Waals surface area contributed by atoms with Gasteiger partial charge in [0.1, 0.15) is 11.3 Å². The van der Waals surface area contributed by atoms with Gasteiger partial charge in [0.25, 0.3) is 0 Å². The van der Waals surface area contributed by atoms with E-state index in [1.165, 1.54) is 0 Å². The molecule has 4 nitrogen and oxygen atoms in total. The zero-order chi connectivity index (χ0) is 22.9. The van der Waals surface area contributed by atoms with E-state index in [4.69, 9.17) is 4.42 Å². The molecule has 0 saturated carbocycles. The molecule has 2 heterocycles. The molecule has 0 aliphatic rings. The predicted octanol–water partition coefficient (Wildman–Crippen LogP) is 7.37. The van der Waals surface area contributed by atoms with E-state index in [2.05, 4.69) is 35.4 Å². The van der Waals surface area contributed by atoms with Crippen molar-refractivity contribution >= 4 is 28.0 Å². The highest BCUT2D eigenvalue weighted by molar-refractivity contribution is 7.13. The summed E-state index contributed by atoms with van der Waals surface area (Å²) in [6, 6.07) is 21.9. The highest BCUT2D eigenvalue weighted by Gasteiger charge is 2.19. The normalized spacial score (nSPS) is 12.1. The molecule has 0 bridgehead atoms. The van der Waals surface area contributed by atoms with Crippen LogP contribution in [0.4, 0.5) is 5.69 Å². The number of para-hydroxylation sites is 1. The molecule has 5 aromatic rings. The molecular formula is C28H24N2O2S. The summed E-state index contributed by atoms with van der Waals surface area (Å²) in [4.78, 5) is 18.7. The van der Waals surface area contributed by atoms with Crippen molar-refractivity contribution in [3.8, 4) is 21.8 Å². The van der Waals surface area contributed by atoms with E-state index in [-0.39, 0.29) is 11.5 Å². The monoisotopic (exact) mass is 452 g/mol. The second-order valence-electron chi connectivity index (χ2n) is 8.26. The molecule has 0 amide bonds. The Hall–Kier alpha value is -3.70. The number of thiazole rings is 1. The minimum absolute atomic E-state index is 0.0114. The molecule has 0 aliphatic carbocycles. The van der Waals surface area contributed by atoms with Crippen molar-refractivity contribution < 1.29 is 4.42 Å². The largest absolute Gasteiger partial charge is 0.455 e. The molecule has 0 spiro atoms. The molecular weight excluding hydrogens is 428 g/mol. The SMILES string of the molecule is Cc1cc([C@@H](C)Nc2ccccc2-c2cncs2)c2oc(-c3ccccc3)c(C)c(=O)c2c1. The Bertz CT molecular complexity index is 1490. The van der Waals surface area contributed by atoms with Crippen molar-refractivity contribution in [3.63, 3.8) is 0 Å². The van der Waals surface area contributed by atoms with Crippen LogP contribution in [0.15, 0.2) is 87.6 Å². The maximum Gasteiger partial charge on any atom is 0.196 e. The lowest BCUT2D eigenvalue weighted by atomic mass is 9.98. The fourth-order valence-electron chi connectivity index (χ4n) is 4.24. The Kier molecular flexibility index (Phi) is 5.56. The number of fused-ring (bicyclic) bond motifs is 1. The third kappa shape index (κ3) is 3.96. The lowest BCUT2D eigenvalue weighted by Gasteiger charge is -2.20. The molecule has 2 aromatic heterocycles. The number of aryl methyl sites for hydroxylation is 1. The van der Waals surface area contributed by atoms with Gasteiger partial charge >= 0.3 is 0 Å². The zero-order valence-corrected chi connectivity index (χ0v) is 19.6. The van der Waals surface area contributed by atoms with E-state index < -0.39 is 0 Å². The lowest BCUT2D eigenvalue weighted by molar-refractivity contribution is 0.605. The molecule has 0 unspecified atom stereocenters. The van der Waals surface area contributed by atoms with Crippen molar-refractivity contribution in [3.05, 3.63) is 105 Å². The first-order valence-electron chi connectivity index (χ1n) is 10.9. The molecule has 33 heavy (non-hydrogen) atoms. The molecule has 1 atom stereocenters. The van der Waals surface area contributed by atoms with Crippen LogP contribution in [0.1, 0.15) is 29.7 Å². The molecule has 0 radical (unpaired) electrons. The second-order valence-corrected chi connectivity index (χ2v) is 9.15. The first-order chi connectivity index (χ1) is 16.0. The van der Waals surface area contributed by atoms with Crippen LogP contribution in [-0.2, 0) is 0 Å². The fourth-order valence-corrected chi connectivity index (χ4v) is 4.90. The van der Waals surface area contributed by atoms with Crippen LogP contribution < -0.4 is 10.7 Å². The van der Waals surface area contributed by atoms with Crippen LogP contribution in [0.2, 0.25) is 0 Å². The van der Waals surface area contributed by atoms with Gasteiger partial charge in [0.2, 0.25) is 0 Å². The summed E-state index contributed by atoms with van der Waals surface area (Å²) in [6.45, 7) is 5.95. The third-order valence-corrected chi connectivity index (χ3v) is 6.70. The van der Waals surface area contributed by atoms with Crippen LogP contribution in [0.3, 0.4) is 0 Å². The summed E-state index contributed by atoms with van der Waals surface area (Å²) < 4.78 is 6.46. The molecule has 0 fully saturated rings. The Morgan fingerprint density at radius 3 is 2.52 bits per heavy atom. The van der Waals surface area contributed by atoms with Crippen LogP contribution in [-0.4, -0.2) is 4.98 Å². The van der Waals surface area contributed by atoms with Crippen LogP contribution >= 0.6 is 11.3 Å². The van der Waals surface area contributed by atoms with Gasteiger partial charge in [0.05, 0.1) is 21.8 Å². The number of nitrogens with one attached hydrogen (secondary N) is 1. The molecule has 164 valence electrons. The third-order valence-electron chi connectivity index (χ3n) is 5.89. The predicted molar refractivity (Wildman–Crippen MR) is 137 cm³/mol. The summed E-state index contributed by atoms with van der Waals surface area (Å²) in [5, 5.41) is 4.26. The molecule has 3 aromatic carbocycles. The highest BCUT2D eigenvalue weighted by Crippen LogP contribution is 2.35. The van der Waals surface area contributed by atoms with E-state index in [1.54, 1.807) is 11.3 Å². The minimum atomic E-state index is -0.0871. The smallest absolute Gasteiger partial charge is 0.196 e. The molecule has 5 heteroatoms. The van der Waals surface area contributed by atoms with Gasteiger partial charge < -0.3 is 9.73 Å². The Labute approximate surface area is 196 Å². The van der Waals surface area contributed by atoms with E-state index in [9.17, 15) is 4.79 Å². The number of anilines is 1. The number of hydrogen-bond acceptors (Lipinski definition) is 5. The standard InChI is InChI=1S/C28H24N2O2S/c1-17-13-22(19(3)30-24-12-8-7-11-21(24)25-15-29-16-33-25)28-23(14-17)26(31)18(2)27(32-28)20-9-5-4-6-10-20/h4-16,19,30H,1-3H3/t19-/m1/s1. The quantitative estimate of drug-likeness (QED) is 0.302. The van der Waals surface area contributed by atoms with Crippen molar-refractivity contribution in [2.45, 2.75) is 26.8 Å². The van der Waals surface area contributed by atoms with Crippen LogP contribution in [0, 0.1) is 13.8 Å². The van der Waals surface area contributed by atoms with E-state index in [0.29, 0.717) is 22.3 Å². The Morgan fingerprint density at radius 2 is 1.76 bits per heavy atom. The van der Waals surface area contributed by atoms with E-state index >= 15 is 0 Å². The van der Waals surface area contributed by atoms with Gasteiger partial charge in [-0.25, -0.2) is 0 Å². The molecule has 5 rings (SSSR count). The van der Waals surface area contributed by atoms with Gasteiger partial charge in [-0.1, -0.05) is 54.6 Å². The van der Waals surface area contributed by atoms with Gasteiger partial charge in [0.15, 0.2) is 5.43 Å². The Morgan fingerprint density at radius 1 is 1.00 bits per heavy atom. The number of benzene rings is 3. The van der Waals surface area contributed by atoms with Gasteiger partial charge in [-0.05, 0) is 38.5 Å². The minimum Gasteiger partial charge on any atom is -0.455 e. The van der Waals surface area contributed by atoms with Crippen LogP contribution in [0.25, 0.3) is 32.7 Å². The summed E-state index contributed by atoms with van der Waals surface area (Å²) in [5.74, 6) is 0.621. The average molecular weight is 453 g/mol. The zero-order valence-electron chi connectivity index (χ0n) is 18.8. The molecule has 0 aliphatic heterocycles.